The highest BCUT2D eigenvalue weighted by Gasteiger charge is 2.31. The summed E-state index contributed by atoms with van der Waals surface area (Å²) in [7, 11) is 0. The van der Waals surface area contributed by atoms with Gasteiger partial charge in [-0.3, -0.25) is 5.41 Å². The standard InChI is InChI=1S/C9H18N2O/c1-7-5-11(8(2)10)6-9(3,4)12-7/h7,10H,5-6H2,1-4H3. The van der Waals surface area contributed by atoms with Crippen molar-refractivity contribution >= 4 is 5.84 Å². The Hall–Kier alpha value is -0.570. The van der Waals surface area contributed by atoms with E-state index >= 15 is 0 Å². The van der Waals surface area contributed by atoms with Crippen LogP contribution >= 0.6 is 0 Å². The van der Waals surface area contributed by atoms with Crippen LogP contribution in [0.4, 0.5) is 0 Å². The van der Waals surface area contributed by atoms with E-state index < -0.39 is 0 Å². The number of morpholine rings is 1. The van der Waals surface area contributed by atoms with Gasteiger partial charge in [-0.2, -0.15) is 0 Å². The first-order chi connectivity index (χ1) is 5.41. The summed E-state index contributed by atoms with van der Waals surface area (Å²) in [6.45, 7) is 9.69. The Balaban J connectivity index is 2.64. The predicted molar refractivity (Wildman–Crippen MR) is 49.6 cm³/mol. The first kappa shape index (κ1) is 9.52. The van der Waals surface area contributed by atoms with Gasteiger partial charge in [0.2, 0.25) is 0 Å². The molecule has 0 aliphatic carbocycles. The van der Waals surface area contributed by atoms with Gasteiger partial charge in [-0.25, -0.2) is 0 Å². The van der Waals surface area contributed by atoms with Crippen LogP contribution in [0.1, 0.15) is 27.7 Å². The van der Waals surface area contributed by atoms with E-state index in [0.29, 0.717) is 5.84 Å². The summed E-state index contributed by atoms with van der Waals surface area (Å²) in [6.07, 6.45) is 0.231. The Kier molecular flexibility index (Phi) is 2.42. The van der Waals surface area contributed by atoms with Crippen molar-refractivity contribution in [3.8, 4) is 0 Å². The maximum absolute atomic E-state index is 7.53. The number of hydrogen-bond acceptors (Lipinski definition) is 2. The summed E-state index contributed by atoms with van der Waals surface area (Å²) in [4.78, 5) is 2.06. The van der Waals surface area contributed by atoms with Crippen molar-refractivity contribution in [2.24, 2.45) is 0 Å². The Bertz CT molecular complexity index is 189. The van der Waals surface area contributed by atoms with Crippen LogP contribution in [0.2, 0.25) is 0 Å². The summed E-state index contributed by atoms with van der Waals surface area (Å²) < 4.78 is 5.72. The lowest BCUT2D eigenvalue weighted by Crippen LogP contribution is -2.53. The Labute approximate surface area is 74.2 Å². The maximum atomic E-state index is 7.53. The van der Waals surface area contributed by atoms with Gasteiger partial charge in [-0.05, 0) is 27.7 Å². The molecule has 0 radical (unpaired) electrons. The minimum atomic E-state index is -0.111. The Morgan fingerprint density at radius 3 is 2.58 bits per heavy atom. The van der Waals surface area contributed by atoms with E-state index in [-0.39, 0.29) is 11.7 Å². The monoisotopic (exact) mass is 170 g/mol. The second-order valence-corrected chi connectivity index (χ2v) is 4.15. The molecule has 0 bridgehead atoms. The zero-order valence-corrected chi connectivity index (χ0v) is 8.35. The lowest BCUT2D eigenvalue weighted by Gasteiger charge is -2.42. The van der Waals surface area contributed by atoms with E-state index in [2.05, 4.69) is 25.7 Å². The topological polar surface area (TPSA) is 36.3 Å². The van der Waals surface area contributed by atoms with Gasteiger partial charge < -0.3 is 9.64 Å². The average Bonchev–Trinajstić information content (AvgIpc) is 1.82. The SMILES string of the molecule is CC(=N)N1CC(C)OC(C)(C)C1. The smallest absolute Gasteiger partial charge is 0.0927 e. The van der Waals surface area contributed by atoms with Crippen molar-refractivity contribution < 1.29 is 4.74 Å². The molecule has 1 rings (SSSR count). The quantitative estimate of drug-likeness (QED) is 0.441. The molecule has 70 valence electrons. The van der Waals surface area contributed by atoms with Crippen molar-refractivity contribution in [2.75, 3.05) is 13.1 Å². The molecular formula is C9H18N2O. The normalized spacial score (nSPS) is 28.7. The molecule has 1 N–H and O–H groups in total. The molecule has 1 saturated heterocycles. The summed E-state index contributed by atoms with van der Waals surface area (Å²) >= 11 is 0. The summed E-state index contributed by atoms with van der Waals surface area (Å²) in [5.41, 5.74) is -0.111. The van der Waals surface area contributed by atoms with Gasteiger partial charge in [0, 0.05) is 13.1 Å². The van der Waals surface area contributed by atoms with E-state index in [9.17, 15) is 0 Å². The Morgan fingerprint density at radius 2 is 2.17 bits per heavy atom. The van der Waals surface area contributed by atoms with Crippen molar-refractivity contribution in [2.45, 2.75) is 39.4 Å². The van der Waals surface area contributed by atoms with E-state index in [1.807, 2.05) is 6.92 Å². The molecule has 3 nitrogen and oxygen atoms in total. The number of ether oxygens (including phenoxy) is 1. The molecule has 0 aromatic rings. The first-order valence-corrected chi connectivity index (χ1v) is 4.39. The number of nitrogens with one attached hydrogen (secondary N) is 1. The van der Waals surface area contributed by atoms with Crippen molar-refractivity contribution in [1.29, 1.82) is 5.41 Å². The third kappa shape index (κ3) is 2.21. The first-order valence-electron chi connectivity index (χ1n) is 4.39. The second kappa shape index (κ2) is 3.05. The van der Waals surface area contributed by atoms with E-state index in [4.69, 9.17) is 10.1 Å². The van der Waals surface area contributed by atoms with Gasteiger partial charge in [0.15, 0.2) is 0 Å². The number of nitrogens with zero attached hydrogens (tertiary/aromatic N) is 1. The van der Waals surface area contributed by atoms with Gasteiger partial charge in [0.25, 0.3) is 0 Å². The minimum absolute atomic E-state index is 0.111. The lowest BCUT2D eigenvalue weighted by atomic mass is 10.1. The Morgan fingerprint density at radius 1 is 1.58 bits per heavy atom. The van der Waals surface area contributed by atoms with Crippen LogP contribution < -0.4 is 0 Å². The van der Waals surface area contributed by atoms with Gasteiger partial charge in [0.05, 0.1) is 17.5 Å². The van der Waals surface area contributed by atoms with Crippen LogP contribution in [0.25, 0.3) is 0 Å². The zero-order valence-electron chi connectivity index (χ0n) is 8.35. The highest BCUT2D eigenvalue weighted by Crippen LogP contribution is 2.20. The van der Waals surface area contributed by atoms with Crippen LogP contribution in [0.3, 0.4) is 0 Å². The third-order valence-corrected chi connectivity index (χ3v) is 2.04. The maximum Gasteiger partial charge on any atom is 0.0927 e. The molecule has 1 aliphatic heterocycles. The largest absolute Gasteiger partial charge is 0.369 e. The van der Waals surface area contributed by atoms with E-state index in [0.717, 1.165) is 13.1 Å². The fourth-order valence-electron chi connectivity index (χ4n) is 1.71. The van der Waals surface area contributed by atoms with Gasteiger partial charge in [-0.15, -0.1) is 0 Å². The van der Waals surface area contributed by atoms with Gasteiger partial charge in [0.1, 0.15) is 0 Å². The van der Waals surface area contributed by atoms with Crippen molar-refractivity contribution in [1.82, 2.24) is 4.90 Å². The molecule has 1 heterocycles. The van der Waals surface area contributed by atoms with Crippen molar-refractivity contribution in [3.63, 3.8) is 0 Å². The minimum Gasteiger partial charge on any atom is -0.369 e. The number of rotatable bonds is 0. The van der Waals surface area contributed by atoms with Crippen LogP contribution in [-0.2, 0) is 4.74 Å². The lowest BCUT2D eigenvalue weighted by molar-refractivity contribution is -0.113. The van der Waals surface area contributed by atoms with E-state index in [1.54, 1.807) is 0 Å². The third-order valence-electron chi connectivity index (χ3n) is 2.04. The molecule has 3 heteroatoms. The fraction of sp³-hybridized carbons (Fsp3) is 0.889. The summed E-state index contributed by atoms with van der Waals surface area (Å²) in [5, 5.41) is 7.53. The molecule has 0 aromatic carbocycles. The molecule has 0 saturated carbocycles. The van der Waals surface area contributed by atoms with Crippen molar-refractivity contribution in [3.05, 3.63) is 0 Å². The molecule has 0 aromatic heterocycles. The van der Waals surface area contributed by atoms with Crippen LogP contribution in [-0.4, -0.2) is 35.5 Å². The van der Waals surface area contributed by atoms with Gasteiger partial charge in [-0.1, -0.05) is 0 Å². The molecule has 1 aliphatic rings. The molecule has 1 fully saturated rings. The molecule has 1 atom stereocenters. The van der Waals surface area contributed by atoms with Crippen LogP contribution in [0, 0.1) is 5.41 Å². The summed E-state index contributed by atoms with van der Waals surface area (Å²) in [6, 6.07) is 0. The fourth-order valence-corrected chi connectivity index (χ4v) is 1.71. The van der Waals surface area contributed by atoms with Gasteiger partial charge >= 0.3 is 0 Å². The number of amidine groups is 1. The number of hydrogen-bond donors (Lipinski definition) is 1. The molecule has 12 heavy (non-hydrogen) atoms. The highest BCUT2D eigenvalue weighted by atomic mass is 16.5. The summed E-state index contributed by atoms with van der Waals surface area (Å²) in [5.74, 6) is 0.637. The van der Waals surface area contributed by atoms with E-state index in [1.165, 1.54) is 0 Å². The second-order valence-electron chi connectivity index (χ2n) is 4.15. The highest BCUT2D eigenvalue weighted by molar-refractivity contribution is 5.76. The van der Waals surface area contributed by atoms with Crippen LogP contribution in [0.15, 0.2) is 0 Å². The average molecular weight is 170 g/mol. The van der Waals surface area contributed by atoms with Crippen LogP contribution in [0.5, 0.6) is 0 Å². The molecule has 0 spiro atoms. The predicted octanol–water partition coefficient (Wildman–Crippen LogP) is 1.48. The molecule has 0 amide bonds. The molecular weight excluding hydrogens is 152 g/mol. The molecule has 1 unspecified atom stereocenters. The zero-order chi connectivity index (χ0) is 9.35.